The summed E-state index contributed by atoms with van der Waals surface area (Å²) in [6.45, 7) is 5.69. The van der Waals surface area contributed by atoms with E-state index in [0.29, 0.717) is 24.1 Å². The minimum atomic E-state index is -3.82. The molecular formula is C14H23N3O3S. The summed E-state index contributed by atoms with van der Waals surface area (Å²) in [5.41, 5.74) is 6.02. The van der Waals surface area contributed by atoms with Crippen molar-refractivity contribution in [2.24, 2.45) is 16.3 Å². The molecule has 0 aliphatic rings. The number of aryl methyl sites for hydroxylation is 1. The molecule has 0 unspecified atom stereocenters. The normalized spacial score (nSPS) is 12.2. The maximum atomic E-state index is 12.4. The summed E-state index contributed by atoms with van der Waals surface area (Å²) in [7, 11) is -3.82. The number of nitrogens with two attached hydrogens (primary N) is 2. The third kappa shape index (κ3) is 3.81. The number of hydrogen-bond donors (Lipinski definition) is 3. The molecule has 7 heteroatoms. The van der Waals surface area contributed by atoms with Gasteiger partial charge in [-0.15, -0.1) is 0 Å². The van der Waals surface area contributed by atoms with Crippen LogP contribution in [0.25, 0.3) is 0 Å². The van der Waals surface area contributed by atoms with Crippen molar-refractivity contribution in [3.63, 3.8) is 0 Å². The highest BCUT2D eigenvalue weighted by Gasteiger charge is 2.33. The summed E-state index contributed by atoms with van der Waals surface area (Å²) in [6.07, 6.45) is 1.22. The van der Waals surface area contributed by atoms with Crippen LogP contribution >= 0.6 is 0 Å². The number of primary sulfonamides is 1. The highest BCUT2D eigenvalue weighted by Crippen LogP contribution is 2.28. The highest BCUT2D eigenvalue weighted by atomic mass is 32.2. The van der Waals surface area contributed by atoms with E-state index >= 15 is 0 Å². The molecule has 1 amide bonds. The summed E-state index contributed by atoms with van der Waals surface area (Å²) in [5.74, 6) is -0.209. The fourth-order valence-electron chi connectivity index (χ4n) is 2.20. The molecule has 0 atom stereocenters. The number of sulfonamides is 1. The van der Waals surface area contributed by atoms with Crippen LogP contribution in [0.2, 0.25) is 0 Å². The molecule has 0 saturated carbocycles. The lowest BCUT2D eigenvalue weighted by molar-refractivity contribution is -0.125. The first kappa shape index (κ1) is 17.6. The number of rotatable bonds is 6. The lowest BCUT2D eigenvalue weighted by Crippen LogP contribution is -2.41. The summed E-state index contributed by atoms with van der Waals surface area (Å²) < 4.78 is 23.0. The van der Waals surface area contributed by atoms with Crippen molar-refractivity contribution in [3.05, 3.63) is 23.8 Å². The van der Waals surface area contributed by atoms with Crippen LogP contribution in [0.15, 0.2) is 23.1 Å². The van der Waals surface area contributed by atoms with E-state index in [1.165, 1.54) is 6.07 Å². The molecule has 0 heterocycles. The topological polar surface area (TPSA) is 115 Å². The second-order valence-electron chi connectivity index (χ2n) is 5.17. The Labute approximate surface area is 126 Å². The first-order valence-electron chi connectivity index (χ1n) is 6.85. The first-order chi connectivity index (χ1) is 9.70. The highest BCUT2D eigenvalue weighted by molar-refractivity contribution is 7.89. The lowest BCUT2D eigenvalue weighted by Gasteiger charge is -2.28. The van der Waals surface area contributed by atoms with Crippen LogP contribution < -0.4 is 16.2 Å². The van der Waals surface area contributed by atoms with Crippen molar-refractivity contribution < 1.29 is 13.2 Å². The molecule has 0 aromatic heterocycles. The molecule has 0 bridgehead atoms. The Morgan fingerprint density at radius 1 is 1.29 bits per heavy atom. The number of hydrogen-bond acceptors (Lipinski definition) is 4. The molecule has 21 heavy (non-hydrogen) atoms. The van der Waals surface area contributed by atoms with Gasteiger partial charge in [0.05, 0.1) is 10.3 Å². The van der Waals surface area contributed by atoms with Gasteiger partial charge in [-0.2, -0.15) is 0 Å². The van der Waals surface area contributed by atoms with Gasteiger partial charge >= 0.3 is 0 Å². The fourth-order valence-corrected chi connectivity index (χ4v) is 3.01. The summed E-state index contributed by atoms with van der Waals surface area (Å²) in [4.78, 5) is 12.4. The summed E-state index contributed by atoms with van der Waals surface area (Å²) >= 11 is 0. The number of carbonyl (C=O) groups is 1. The molecule has 0 fully saturated rings. The van der Waals surface area contributed by atoms with Crippen LogP contribution in [0, 0.1) is 12.3 Å². The van der Waals surface area contributed by atoms with Gasteiger partial charge in [-0.05, 0) is 37.5 Å². The molecule has 5 N–H and O–H groups in total. The molecule has 0 radical (unpaired) electrons. The number of nitrogens with one attached hydrogen (secondary N) is 1. The van der Waals surface area contributed by atoms with Crippen molar-refractivity contribution >= 4 is 21.6 Å². The summed E-state index contributed by atoms with van der Waals surface area (Å²) in [5, 5.41) is 7.90. The molecule has 6 nitrogen and oxygen atoms in total. The minimum absolute atomic E-state index is 0.00615. The van der Waals surface area contributed by atoms with Gasteiger partial charge in [-0.25, -0.2) is 13.6 Å². The first-order valence-corrected chi connectivity index (χ1v) is 8.39. The van der Waals surface area contributed by atoms with E-state index in [-0.39, 0.29) is 17.3 Å². The van der Waals surface area contributed by atoms with E-state index in [2.05, 4.69) is 5.32 Å². The van der Waals surface area contributed by atoms with Gasteiger partial charge in [0.2, 0.25) is 15.9 Å². The van der Waals surface area contributed by atoms with Crippen LogP contribution in [-0.4, -0.2) is 20.9 Å². The Balaban J connectivity index is 3.12. The molecule has 0 aliphatic heterocycles. The molecular weight excluding hydrogens is 290 g/mol. The third-order valence-electron chi connectivity index (χ3n) is 3.98. The fraction of sp³-hybridized carbons (Fsp3) is 0.500. The van der Waals surface area contributed by atoms with E-state index in [4.69, 9.17) is 10.9 Å². The maximum absolute atomic E-state index is 12.4. The van der Waals surface area contributed by atoms with Crippen LogP contribution in [0.3, 0.4) is 0 Å². The van der Waals surface area contributed by atoms with Gasteiger partial charge in [0, 0.05) is 12.2 Å². The average Bonchev–Trinajstić information content (AvgIpc) is 2.42. The van der Waals surface area contributed by atoms with Gasteiger partial charge in [0.15, 0.2) is 0 Å². The van der Waals surface area contributed by atoms with Crippen LogP contribution in [0.5, 0.6) is 0 Å². The quantitative estimate of drug-likeness (QED) is 0.735. The predicted octanol–water partition coefficient (Wildman–Crippen LogP) is 1.35. The van der Waals surface area contributed by atoms with Crippen LogP contribution in [-0.2, 0) is 14.8 Å². The van der Waals surface area contributed by atoms with Crippen molar-refractivity contribution in [1.29, 1.82) is 0 Å². The third-order valence-corrected chi connectivity index (χ3v) is 5.03. The minimum Gasteiger partial charge on any atom is -0.329 e. The van der Waals surface area contributed by atoms with E-state index in [1.807, 2.05) is 13.8 Å². The molecule has 0 spiro atoms. The monoisotopic (exact) mass is 313 g/mol. The second kappa shape index (κ2) is 6.55. The Hall–Kier alpha value is -1.44. The molecule has 0 aliphatic carbocycles. The van der Waals surface area contributed by atoms with Crippen molar-refractivity contribution in [2.45, 2.75) is 38.5 Å². The van der Waals surface area contributed by atoms with Crippen molar-refractivity contribution in [2.75, 3.05) is 11.9 Å². The zero-order chi connectivity index (χ0) is 16.3. The number of anilines is 1. The average molecular weight is 313 g/mol. The van der Waals surface area contributed by atoms with Gasteiger partial charge in [0.25, 0.3) is 0 Å². The molecule has 0 saturated heterocycles. The lowest BCUT2D eigenvalue weighted by atomic mass is 9.81. The largest absolute Gasteiger partial charge is 0.329 e. The van der Waals surface area contributed by atoms with E-state index in [9.17, 15) is 13.2 Å². The Morgan fingerprint density at radius 3 is 2.29 bits per heavy atom. The van der Waals surface area contributed by atoms with E-state index < -0.39 is 15.4 Å². The molecule has 118 valence electrons. The van der Waals surface area contributed by atoms with Gasteiger partial charge in [-0.3, -0.25) is 4.79 Å². The zero-order valence-electron chi connectivity index (χ0n) is 12.6. The second-order valence-corrected chi connectivity index (χ2v) is 6.70. The standard InChI is InChI=1S/C14H23N3O3S/c1-4-14(5-2,9-15)13(18)17-11-7-6-10(3)12(8-11)21(16,19)20/h6-8H,4-5,9,15H2,1-3H3,(H,17,18)(H2,16,19,20). The van der Waals surface area contributed by atoms with Gasteiger partial charge in [0.1, 0.15) is 0 Å². The van der Waals surface area contributed by atoms with Gasteiger partial charge < -0.3 is 11.1 Å². The Kier molecular flexibility index (Phi) is 5.49. The van der Waals surface area contributed by atoms with Crippen LogP contribution in [0.1, 0.15) is 32.3 Å². The predicted molar refractivity (Wildman–Crippen MR) is 83.3 cm³/mol. The Bertz CT molecular complexity index is 614. The van der Waals surface area contributed by atoms with Crippen LogP contribution in [0.4, 0.5) is 5.69 Å². The zero-order valence-corrected chi connectivity index (χ0v) is 13.5. The maximum Gasteiger partial charge on any atom is 0.238 e. The number of carbonyl (C=O) groups excluding carboxylic acids is 1. The molecule has 1 rings (SSSR count). The molecule has 1 aromatic carbocycles. The SMILES string of the molecule is CCC(CC)(CN)C(=O)Nc1ccc(C)c(S(N)(=O)=O)c1. The molecule has 1 aromatic rings. The Morgan fingerprint density at radius 2 is 1.86 bits per heavy atom. The van der Waals surface area contributed by atoms with E-state index in [1.54, 1.807) is 19.1 Å². The van der Waals surface area contributed by atoms with Gasteiger partial charge in [-0.1, -0.05) is 19.9 Å². The van der Waals surface area contributed by atoms with E-state index in [0.717, 1.165) is 0 Å². The number of amides is 1. The van der Waals surface area contributed by atoms with Crippen molar-refractivity contribution in [1.82, 2.24) is 0 Å². The number of benzene rings is 1. The smallest absolute Gasteiger partial charge is 0.238 e. The summed E-state index contributed by atoms with van der Waals surface area (Å²) in [6, 6.07) is 4.63. The van der Waals surface area contributed by atoms with Crippen molar-refractivity contribution in [3.8, 4) is 0 Å².